The summed E-state index contributed by atoms with van der Waals surface area (Å²) < 4.78 is 30.7. The first-order valence-corrected chi connectivity index (χ1v) is 4.69. The first-order chi connectivity index (χ1) is 6.89. The minimum absolute atomic E-state index is 0.0419. The van der Waals surface area contributed by atoms with E-state index in [4.69, 9.17) is 4.74 Å². The minimum atomic E-state index is -3.67. The molecule has 0 unspecified atom stereocenters. The molecule has 0 aromatic carbocycles. The highest BCUT2D eigenvalue weighted by molar-refractivity contribution is 6.08. The van der Waals surface area contributed by atoms with Crippen LogP contribution in [0.5, 0.6) is 0 Å². The molecule has 0 bridgehead atoms. The van der Waals surface area contributed by atoms with E-state index >= 15 is 0 Å². The summed E-state index contributed by atoms with van der Waals surface area (Å²) in [6, 6.07) is 0. The van der Waals surface area contributed by atoms with E-state index < -0.39 is 17.5 Å². The molecule has 4 nitrogen and oxygen atoms in total. The van der Waals surface area contributed by atoms with E-state index in [9.17, 15) is 18.7 Å². The fraction of sp³-hybridized carbons (Fsp3) is 0.667. The zero-order chi connectivity index (χ0) is 11.3. The number of rotatable bonds is 1. The van der Waals surface area contributed by atoms with Gasteiger partial charge in [0.15, 0.2) is 0 Å². The van der Waals surface area contributed by atoms with Crippen LogP contribution in [0, 0.1) is 0 Å². The van der Waals surface area contributed by atoms with E-state index in [0.29, 0.717) is 26.3 Å². The number of aliphatic hydroxyl groups is 1. The van der Waals surface area contributed by atoms with Crippen LogP contribution in [-0.4, -0.2) is 54.6 Å². The Kier molecular flexibility index (Phi) is 2.09. The van der Waals surface area contributed by atoms with Crippen molar-refractivity contribution in [3.8, 4) is 0 Å². The van der Waals surface area contributed by atoms with E-state index in [1.807, 2.05) is 0 Å². The maximum absolute atomic E-state index is 12.8. The van der Waals surface area contributed by atoms with Gasteiger partial charge in [0.05, 0.1) is 20.3 Å². The van der Waals surface area contributed by atoms with Gasteiger partial charge >= 0.3 is 5.92 Å². The summed E-state index contributed by atoms with van der Waals surface area (Å²) in [5, 5.41) is 9.18. The Bertz CT molecular complexity index is 345. The molecule has 1 saturated heterocycles. The van der Waals surface area contributed by atoms with Crippen LogP contribution in [0.4, 0.5) is 8.78 Å². The molecule has 1 N–H and O–H groups in total. The molecule has 1 heterocycles. The van der Waals surface area contributed by atoms with Crippen LogP contribution in [0.1, 0.15) is 0 Å². The standard InChI is InChI=1S/C9H11F2NO3/c1-12(2-4-15-5-3-12)6-7(13)9(10,11)8(6)14/h2-5H2,1H3/p+1. The van der Waals surface area contributed by atoms with Gasteiger partial charge in [-0.3, -0.25) is 9.28 Å². The third-order valence-corrected chi connectivity index (χ3v) is 3.02. The molecule has 0 amide bonds. The summed E-state index contributed by atoms with van der Waals surface area (Å²) in [6.45, 7) is 1.68. The number of hydrogen-bond donors (Lipinski definition) is 1. The van der Waals surface area contributed by atoms with Gasteiger partial charge < -0.3 is 9.84 Å². The highest BCUT2D eigenvalue weighted by atomic mass is 19.3. The van der Waals surface area contributed by atoms with Gasteiger partial charge in [0.2, 0.25) is 11.5 Å². The Morgan fingerprint density at radius 3 is 2.40 bits per heavy atom. The number of alkyl halides is 2. The molecule has 2 rings (SSSR count). The maximum Gasteiger partial charge on any atom is 0.377 e. The Hall–Kier alpha value is -1.01. The van der Waals surface area contributed by atoms with Gasteiger partial charge in [-0.05, 0) is 0 Å². The molecule has 0 radical (unpaired) electrons. The monoisotopic (exact) mass is 220 g/mol. The fourth-order valence-corrected chi connectivity index (χ4v) is 1.92. The van der Waals surface area contributed by atoms with Crippen molar-refractivity contribution in [3.05, 3.63) is 11.5 Å². The number of Topliss-reactive ketones (excluding diaryl/α,β-unsaturated/α-hetero) is 1. The third kappa shape index (κ3) is 1.28. The molecule has 15 heavy (non-hydrogen) atoms. The Morgan fingerprint density at radius 1 is 1.40 bits per heavy atom. The number of hydrogen-bond acceptors (Lipinski definition) is 3. The number of halogens is 2. The molecule has 1 fully saturated rings. The average Bonchev–Trinajstić information content (AvgIpc) is 2.19. The summed E-state index contributed by atoms with van der Waals surface area (Å²) in [5.41, 5.74) is -0.164. The number of nitrogens with zero attached hydrogens (tertiary/aromatic N) is 1. The molecule has 1 aliphatic carbocycles. The predicted octanol–water partition coefficient (Wildman–Crippen LogP) is 0.451. The smallest absolute Gasteiger partial charge is 0.377 e. The number of morpholine rings is 1. The van der Waals surface area contributed by atoms with E-state index in [1.54, 1.807) is 7.05 Å². The van der Waals surface area contributed by atoms with Crippen molar-refractivity contribution in [2.75, 3.05) is 33.4 Å². The third-order valence-electron chi connectivity index (χ3n) is 3.02. The topological polar surface area (TPSA) is 46.5 Å². The number of carbonyl (C=O) groups is 1. The van der Waals surface area contributed by atoms with Gasteiger partial charge in [0, 0.05) is 0 Å². The molecular weight excluding hydrogens is 208 g/mol. The number of aliphatic hydroxyl groups excluding tert-OH is 1. The number of ether oxygens (including phenoxy) is 1. The van der Waals surface area contributed by atoms with Crippen molar-refractivity contribution in [1.29, 1.82) is 0 Å². The Balaban J connectivity index is 2.33. The van der Waals surface area contributed by atoms with Crippen LogP contribution in [0.3, 0.4) is 0 Å². The van der Waals surface area contributed by atoms with Gasteiger partial charge in [0.25, 0.3) is 5.78 Å². The van der Waals surface area contributed by atoms with Crippen LogP contribution in [0.2, 0.25) is 0 Å². The number of ketones is 1. The van der Waals surface area contributed by atoms with Gasteiger partial charge in [-0.1, -0.05) is 0 Å². The molecule has 6 heteroatoms. The summed E-state index contributed by atoms with van der Waals surface area (Å²) in [5.74, 6) is -6.00. The molecule has 0 spiro atoms. The van der Waals surface area contributed by atoms with Gasteiger partial charge in [0.1, 0.15) is 13.1 Å². The Labute approximate surface area is 85.3 Å². The SMILES string of the molecule is C[N+]1(C2=C(O)C(F)(F)C2=O)CCOCC1. The van der Waals surface area contributed by atoms with Crippen LogP contribution in [0.25, 0.3) is 0 Å². The highest BCUT2D eigenvalue weighted by Gasteiger charge is 2.64. The number of likely N-dealkylation sites (N-methyl/N-ethyl adjacent to an activating group) is 1. The van der Waals surface area contributed by atoms with Crippen molar-refractivity contribution in [2.45, 2.75) is 5.92 Å². The number of carbonyl (C=O) groups excluding carboxylic acids is 1. The second-order valence-electron chi connectivity index (χ2n) is 4.06. The minimum Gasteiger partial charge on any atom is -0.502 e. The molecule has 2 aliphatic rings. The van der Waals surface area contributed by atoms with Crippen molar-refractivity contribution in [1.82, 2.24) is 0 Å². The van der Waals surface area contributed by atoms with Gasteiger partial charge in [-0.25, -0.2) is 0 Å². The van der Waals surface area contributed by atoms with Crippen molar-refractivity contribution < 1.29 is 27.9 Å². The van der Waals surface area contributed by atoms with Gasteiger partial charge in [-0.2, -0.15) is 8.78 Å². The molecule has 84 valence electrons. The molecule has 0 aromatic heterocycles. The largest absolute Gasteiger partial charge is 0.502 e. The van der Waals surface area contributed by atoms with Gasteiger partial charge in [-0.15, -0.1) is 0 Å². The summed E-state index contributed by atoms with van der Waals surface area (Å²) in [4.78, 5) is 11.2. The second kappa shape index (κ2) is 2.99. The van der Waals surface area contributed by atoms with E-state index in [-0.39, 0.29) is 10.2 Å². The fourth-order valence-electron chi connectivity index (χ4n) is 1.92. The summed E-state index contributed by atoms with van der Waals surface area (Å²) in [7, 11) is 1.65. The Morgan fingerprint density at radius 2 is 1.93 bits per heavy atom. The van der Waals surface area contributed by atoms with E-state index in [2.05, 4.69) is 0 Å². The predicted molar refractivity (Wildman–Crippen MR) is 46.3 cm³/mol. The normalized spacial score (nSPS) is 28.9. The highest BCUT2D eigenvalue weighted by Crippen LogP contribution is 2.42. The lowest BCUT2D eigenvalue weighted by atomic mass is 9.93. The zero-order valence-electron chi connectivity index (χ0n) is 8.30. The molecule has 0 atom stereocenters. The molecular formula is C9H12F2NO3+. The lowest BCUT2D eigenvalue weighted by molar-refractivity contribution is -0.879. The van der Waals surface area contributed by atoms with Crippen LogP contribution >= 0.6 is 0 Å². The summed E-state index contributed by atoms with van der Waals surface area (Å²) >= 11 is 0. The maximum atomic E-state index is 12.8. The first kappa shape index (κ1) is 10.5. The van der Waals surface area contributed by atoms with E-state index in [0.717, 1.165) is 0 Å². The van der Waals surface area contributed by atoms with Crippen molar-refractivity contribution in [2.24, 2.45) is 0 Å². The van der Waals surface area contributed by atoms with Crippen LogP contribution in [0.15, 0.2) is 11.5 Å². The zero-order valence-corrected chi connectivity index (χ0v) is 8.30. The quantitative estimate of drug-likeness (QED) is 0.653. The first-order valence-electron chi connectivity index (χ1n) is 4.69. The lowest BCUT2D eigenvalue weighted by Crippen LogP contribution is -2.61. The number of allylic oxidation sites excluding steroid dienone is 2. The lowest BCUT2D eigenvalue weighted by Gasteiger charge is -2.42. The molecule has 1 aliphatic heterocycles. The molecule has 0 aromatic rings. The number of quaternary nitrogens is 1. The van der Waals surface area contributed by atoms with Crippen LogP contribution in [-0.2, 0) is 9.53 Å². The van der Waals surface area contributed by atoms with Crippen LogP contribution < -0.4 is 0 Å². The summed E-state index contributed by atoms with van der Waals surface area (Å²) in [6.07, 6.45) is 0. The molecule has 0 saturated carbocycles. The van der Waals surface area contributed by atoms with E-state index in [1.165, 1.54) is 0 Å². The average molecular weight is 220 g/mol. The van der Waals surface area contributed by atoms with Crippen molar-refractivity contribution in [3.63, 3.8) is 0 Å². The second-order valence-corrected chi connectivity index (χ2v) is 4.06. The van der Waals surface area contributed by atoms with Crippen molar-refractivity contribution >= 4 is 5.78 Å².